The number of carbonyl (C=O) groups is 1. The molecule has 2 atom stereocenters. The number of ether oxygens (including phenoxy) is 1. The van der Waals surface area contributed by atoms with Crippen molar-refractivity contribution in [3.63, 3.8) is 0 Å². The van der Waals surface area contributed by atoms with Gasteiger partial charge in [0.25, 0.3) is 0 Å². The second-order valence-electron chi connectivity index (χ2n) is 5.75. The lowest BCUT2D eigenvalue weighted by atomic mass is 10.1. The first-order valence-electron chi connectivity index (χ1n) is 8.95. The van der Waals surface area contributed by atoms with E-state index in [1.165, 1.54) is 5.56 Å². The smallest absolute Gasteiger partial charge is 0.320 e. The van der Waals surface area contributed by atoms with E-state index in [1.54, 1.807) is 7.11 Å². The zero-order valence-electron chi connectivity index (χ0n) is 16.7. The topological polar surface area (TPSA) is 70.0 Å². The Kier molecular flexibility index (Phi) is 18.0. The molecule has 146 valence electrons. The molecular formula is C20H37NO4. The molecule has 1 saturated heterocycles. The van der Waals surface area contributed by atoms with Crippen molar-refractivity contribution in [2.75, 3.05) is 27.8 Å². The zero-order valence-corrected chi connectivity index (χ0v) is 16.7. The molecule has 0 bridgehead atoms. The van der Waals surface area contributed by atoms with Crippen molar-refractivity contribution in [2.45, 2.75) is 52.7 Å². The maximum Gasteiger partial charge on any atom is 0.320 e. The number of methoxy groups -OCH3 is 1. The number of aliphatic carboxylic acids is 1. The monoisotopic (exact) mass is 355 g/mol. The zero-order chi connectivity index (χ0) is 19.7. The molecule has 0 amide bonds. The van der Waals surface area contributed by atoms with Gasteiger partial charge in [0.15, 0.2) is 0 Å². The molecule has 0 saturated carbocycles. The van der Waals surface area contributed by atoms with Gasteiger partial charge in [0.2, 0.25) is 0 Å². The van der Waals surface area contributed by atoms with E-state index in [4.69, 9.17) is 14.9 Å². The molecule has 5 nitrogen and oxygen atoms in total. The fraction of sp³-hybridized carbons (Fsp3) is 0.650. The van der Waals surface area contributed by atoms with E-state index >= 15 is 0 Å². The van der Waals surface area contributed by atoms with E-state index in [-0.39, 0.29) is 6.04 Å². The Hall–Kier alpha value is -1.43. The van der Waals surface area contributed by atoms with Crippen LogP contribution in [0.25, 0.3) is 0 Å². The van der Waals surface area contributed by atoms with Crippen LogP contribution in [-0.2, 0) is 16.1 Å². The minimum Gasteiger partial charge on any atom is -0.480 e. The number of hydrogen-bond acceptors (Lipinski definition) is 4. The highest BCUT2D eigenvalue weighted by Gasteiger charge is 2.26. The lowest BCUT2D eigenvalue weighted by Crippen LogP contribution is -2.38. The summed E-state index contributed by atoms with van der Waals surface area (Å²) in [4.78, 5) is 12.7. The standard InChI is InChI=1S/C9H17NO2.C8H10O.C2H6.CH4O/c1-7-4-3-5-8(9(11)12)10(2)6-7;1-9-7-8-5-3-2-4-6-8;2*1-2/h7-8H,3-6H2,1-2H3,(H,11,12);2-6H,7H2,1H3;1-2H3;2H,1H3. The fourth-order valence-corrected chi connectivity index (χ4v) is 2.64. The van der Waals surface area contributed by atoms with Crippen molar-refractivity contribution in [2.24, 2.45) is 5.92 Å². The van der Waals surface area contributed by atoms with Gasteiger partial charge < -0.3 is 14.9 Å². The Morgan fingerprint density at radius 3 is 2.24 bits per heavy atom. The number of aliphatic hydroxyl groups is 1. The predicted octanol–water partition coefficient (Wildman–Crippen LogP) is 3.66. The van der Waals surface area contributed by atoms with Gasteiger partial charge in [0.1, 0.15) is 6.04 Å². The van der Waals surface area contributed by atoms with E-state index < -0.39 is 5.97 Å². The van der Waals surface area contributed by atoms with Gasteiger partial charge in [-0.2, -0.15) is 0 Å². The first kappa shape index (κ1) is 25.8. The van der Waals surface area contributed by atoms with Crippen molar-refractivity contribution < 1.29 is 19.7 Å². The molecule has 1 aromatic carbocycles. The van der Waals surface area contributed by atoms with Crippen molar-refractivity contribution in [1.29, 1.82) is 0 Å². The van der Waals surface area contributed by atoms with Crippen LogP contribution in [0.4, 0.5) is 0 Å². The number of carboxylic acids is 1. The summed E-state index contributed by atoms with van der Waals surface area (Å²) >= 11 is 0. The first-order valence-corrected chi connectivity index (χ1v) is 8.95. The number of benzene rings is 1. The van der Waals surface area contributed by atoms with E-state index in [0.717, 1.165) is 32.9 Å². The quantitative estimate of drug-likeness (QED) is 0.866. The molecule has 25 heavy (non-hydrogen) atoms. The summed E-state index contributed by atoms with van der Waals surface area (Å²) in [6.45, 7) is 7.80. The highest BCUT2D eigenvalue weighted by atomic mass is 16.5. The molecule has 2 unspecified atom stereocenters. The van der Waals surface area contributed by atoms with Crippen LogP contribution in [0, 0.1) is 5.92 Å². The Morgan fingerprint density at radius 1 is 1.20 bits per heavy atom. The Balaban J connectivity index is 0. The van der Waals surface area contributed by atoms with Gasteiger partial charge in [-0.25, -0.2) is 0 Å². The average Bonchev–Trinajstić information content (AvgIpc) is 2.80. The molecule has 1 heterocycles. The van der Waals surface area contributed by atoms with Gasteiger partial charge in [-0.1, -0.05) is 57.5 Å². The molecule has 1 aromatic rings. The van der Waals surface area contributed by atoms with E-state index in [1.807, 2.05) is 56.1 Å². The van der Waals surface area contributed by atoms with Gasteiger partial charge in [-0.15, -0.1) is 0 Å². The molecule has 0 aromatic heterocycles. The number of rotatable bonds is 3. The highest BCUT2D eigenvalue weighted by molar-refractivity contribution is 5.73. The molecule has 0 radical (unpaired) electrons. The third kappa shape index (κ3) is 12.6. The van der Waals surface area contributed by atoms with Crippen molar-refractivity contribution in [3.05, 3.63) is 35.9 Å². The molecule has 0 aliphatic carbocycles. The normalized spacial score (nSPS) is 19.6. The van der Waals surface area contributed by atoms with Crippen LogP contribution in [0.5, 0.6) is 0 Å². The van der Waals surface area contributed by atoms with Crippen LogP contribution in [0.2, 0.25) is 0 Å². The van der Waals surface area contributed by atoms with Crippen LogP contribution in [0.15, 0.2) is 30.3 Å². The summed E-state index contributed by atoms with van der Waals surface area (Å²) in [6, 6.07) is 9.85. The number of likely N-dealkylation sites (N-methyl/N-ethyl adjacent to an activating group) is 1. The molecular weight excluding hydrogens is 318 g/mol. The first-order chi connectivity index (χ1) is 12.0. The van der Waals surface area contributed by atoms with Crippen LogP contribution >= 0.6 is 0 Å². The van der Waals surface area contributed by atoms with Crippen molar-refractivity contribution in [1.82, 2.24) is 4.90 Å². The Morgan fingerprint density at radius 2 is 1.76 bits per heavy atom. The lowest BCUT2D eigenvalue weighted by molar-refractivity contribution is -0.142. The molecule has 2 rings (SSSR count). The third-order valence-electron chi connectivity index (χ3n) is 3.75. The van der Waals surface area contributed by atoms with E-state index in [9.17, 15) is 4.79 Å². The van der Waals surface area contributed by atoms with Crippen LogP contribution in [0.3, 0.4) is 0 Å². The highest BCUT2D eigenvalue weighted by Crippen LogP contribution is 2.19. The number of hydrogen-bond donors (Lipinski definition) is 2. The van der Waals surface area contributed by atoms with Crippen LogP contribution in [0.1, 0.15) is 45.6 Å². The van der Waals surface area contributed by atoms with Gasteiger partial charge in [-0.3, -0.25) is 9.69 Å². The van der Waals surface area contributed by atoms with Crippen molar-refractivity contribution in [3.8, 4) is 0 Å². The Bertz CT molecular complexity index is 411. The van der Waals surface area contributed by atoms with E-state index in [0.29, 0.717) is 12.5 Å². The fourth-order valence-electron chi connectivity index (χ4n) is 2.64. The van der Waals surface area contributed by atoms with Gasteiger partial charge in [-0.05, 0) is 31.4 Å². The van der Waals surface area contributed by atoms with Gasteiger partial charge >= 0.3 is 5.97 Å². The van der Waals surface area contributed by atoms with Crippen LogP contribution < -0.4 is 0 Å². The Labute approximate surface area is 153 Å². The van der Waals surface area contributed by atoms with Crippen LogP contribution in [-0.4, -0.2) is 54.9 Å². The van der Waals surface area contributed by atoms with Crippen molar-refractivity contribution >= 4 is 5.97 Å². The molecule has 1 fully saturated rings. The number of aliphatic hydroxyl groups excluding tert-OH is 1. The summed E-state index contributed by atoms with van der Waals surface area (Å²) in [5.41, 5.74) is 1.22. The summed E-state index contributed by atoms with van der Waals surface area (Å²) in [6.07, 6.45) is 3.01. The maximum atomic E-state index is 10.8. The molecule has 5 heteroatoms. The summed E-state index contributed by atoms with van der Waals surface area (Å²) in [7, 11) is 4.60. The second kappa shape index (κ2) is 17.4. The lowest BCUT2D eigenvalue weighted by Gasteiger charge is -2.22. The number of carboxylic acid groups (broad SMARTS) is 1. The minimum atomic E-state index is -0.674. The summed E-state index contributed by atoms with van der Waals surface area (Å²) in [5.74, 6) is -0.0362. The van der Waals surface area contributed by atoms with Gasteiger partial charge in [0.05, 0.1) is 6.61 Å². The third-order valence-corrected chi connectivity index (χ3v) is 3.75. The summed E-state index contributed by atoms with van der Waals surface area (Å²) < 4.78 is 4.93. The minimum absolute atomic E-state index is 0.255. The summed E-state index contributed by atoms with van der Waals surface area (Å²) in [5, 5.41) is 15.9. The predicted molar refractivity (Wildman–Crippen MR) is 104 cm³/mol. The molecule has 2 N–H and O–H groups in total. The molecule has 1 aliphatic rings. The van der Waals surface area contributed by atoms with Gasteiger partial charge in [0, 0.05) is 20.8 Å². The van der Waals surface area contributed by atoms with E-state index in [2.05, 4.69) is 6.92 Å². The maximum absolute atomic E-state index is 10.8. The molecule has 1 aliphatic heterocycles. The number of nitrogens with zero attached hydrogens (tertiary/aromatic N) is 1. The second-order valence-corrected chi connectivity index (χ2v) is 5.75. The SMILES string of the molecule is CC.CC1CCCC(C(=O)O)N(C)C1.CO.COCc1ccccc1. The number of likely N-dealkylation sites (tertiary alicyclic amines) is 1. The largest absolute Gasteiger partial charge is 0.480 e. The molecule has 0 spiro atoms. The average molecular weight is 356 g/mol.